The van der Waals surface area contributed by atoms with Crippen LogP contribution in [-0.2, 0) is 0 Å². The molecule has 4 heteroatoms. The molecule has 0 spiro atoms. The SMILES string of the molecule is CCSc1ccc(-c2ccc(OC)cc2C(=O)O)cc1. The van der Waals surface area contributed by atoms with Crippen LogP contribution >= 0.6 is 11.8 Å². The van der Waals surface area contributed by atoms with Gasteiger partial charge in [0.15, 0.2) is 0 Å². The molecular formula is C16H16O3S. The Hall–Kier alpha value is -1.94. The molecule has 20 heavy (non-hydrogen) atoms. The third-order valence-electron chi connectivity index (χ3n) is 2.93. The normalized spacial score (nSPS) is 10.3. The van der Waals surface area contributed by atoms with Gasteiger partial charge in [-0.15, -0.1) is 11.8 Å². The summed E-state index contributed by atoms with van der Waals surface area (Å²) < 4.78 is 5.08. The minimum Gasteiger partial charge on any atom is -0.497 e. The van der Waals surface area contributed by atoms with Gasteiger partial charge in [-0.2, -0.15) is 0 Å². The summed E-state index contributed by atoms with van der Waals surface area (Å²) in [5.74, 6) is 0.609. The molecule has 0 aliphatic heterocycles. The van der Waals surface area contributed by atoms with Gasteiger partial charge in [-0.3, -0.25) is 0 Å². The molecule has 3 nitrogen and oxygen atoms in total. The first-order valence-electron chi connectivity index (χ1n) is 6.30. The predicted octanol–water partition coefficient (Wildman–Crippen LogP) is 4.17. The summed E-state index contributed by atoms with van der Waals surface area (Å²) in [7, 11) is 1.53. The second-order valence-electron chi connectivity index (χ2n) is 4.17. The maximum Gasteiger partial charge on any atom is 0.336 e. The van der Waals surface area contributed by atoms with E-state index in [2.05, 4.69) is 6.92 Å². The van der Waals surface area contributed by atoms with Gasteiger partial charge in [-0.25, -0.2) is 4.79 Å². The van der Waals surface area contributed by atoms with E-state index in [0.29, 0.717) is 11.3 Å². The molecule has 0 saturated heterocycles. The minimum atomic E-state index is -0.953. The molecule has 0 aliphatic rings. The predicted molar refractivity (Wildman–Crippen MR) is 81.8 cm³/mol. The number of rotatable bonds is 5. The van der Waals surface area contributed by atoms with Crippen LogP contribution in [0.15, 0.2) is 47.4 Å². The lowest BCUT2D eigenvalue weighted by Gasteiger charge is -2.09. The molecular weight excluding hydrogens is 272 g/mol. The van der Waals surface area contributed by atoms with Crippen molar-refractivity contribution in [3.8, 4) is 16.9 Å². The number of carboxylic acids is 1. The highest BCUT2D eigenvalue weighted by atomic mass is 32.2. The summed E-state index contributed by atoms with van der Waals surface area (Å²) >= 11 is 1.76. The lowest BCUT2D eigenvalue weighted by Crippen LogP contribution is -2.00. The average Bonchev–Trinajstić information content (AvgIpc) is 2.48. The van der Waals surface area contributed by atoms with Crippen LogP contribution in [0, 0.1) is 0 Å². The van der Waals surface area contributed by atoms with Crippen LogP contribution in [0.25, 0.3) is 11.1 Å². The molecule has 104 valence electrons. The van der Waals surface area contributed by atoms with Crippen molar-refractivity contribution in [3.05, 3.63) is 48.0 Å². The zero-order valence-electron chi connectivity index (χ0n) is 11.4. The van der Waals surface area contributed by atoms with Crippen molar-refractivity contribution < 1.29 is 14.6 Å². The van der Waals surface area contributed by atoms with Gasteiger partial charge in [0.1, 0.15) is 5.75 Å². The Morgan fingerprint density at radius 2 is 1.90 bits per heavy atom. The quantitative estimate of drug-likeness (QED) is 0.839. The maximum absolute atomic E-state index is 11.4. The van der Waals surface area contributed by atoms with Crippen LogP contribution in [0.1, 0.15) is 17.3 Å². The third-order valence-corrected chi connectivity index (χ3v) is 3.83. The van der Waals surface area contributed by atoms with E-state index in [4.69, 9.17) is 4.74 Å². The van der Waals surface area contributed by atoms with E-state index in [-0.39, 0.29) is 5.56 Å². The first kappa shape index (κ1) is 14.5. The number of carbonyl (C=O) groups is 1. The standard InChI is InChI=1S/C16H16O3S/c1-3-20-13-7-4-11(5-8-13)14-9-6-12(19-2)10-15(14)16(17)18/h4-10H,3H2,1-2H3,(H,17,18). The summed E-state index contributed by atoms with van der Waals surface area (Å²) in [6.45, 7) is 2.10. The monoisotopic (exact) mass is 288 g/mol. The molecule has 0 aliphatic carbocycles. The van der Waals surface area contributed by atoms with Crippen molar-refractivity contribution in [1.29, 1.82) is 0 Å². The second-order valence-corrected chi connectivity index (χ2v) is 5.51. The van der Waals surface area contributed by atoms with Crippen LogP contribution in [0.2, 0.25) is 0 Å². The van der Waals surface area contributed by atoms with Gasteiger partial charge in [-0.1, -0.05) is 19.1 Å². The molecule has 0 amide bonds. The summed E-state index contributed by atoms with van der Waals surface area (Å²) in [6.07, 6.45) is 0. The Bertz CT molecular complexity index is 606. The Labute approximate surface area is 122 Å². The molecule has 0 bridgehead atoms. The minimum absolute atomic E-state index is 0.250. The second kappa shape index (κ2) is 6.48. The van der Waals surface area contributed by atoms with E-state index in [1.165, 1.54) is 12.0 Å². The van der Waals surface area contributed by atoms with Crippen LogP contribution in [0.5, 0.6) is 5.75 Å². The van der Waals surface area contributed by atoms with Gasteiger partial charge in [0.2, 0.25) is 0 Å². The summed E-state index contributed by atoms with van der Waals surface area (Å²) in [5.41, 5.74) is 1.84. The average molecular weight is 288 g/mol. The zero-order chi connectivity index (χ0) is 14.5. The van der Waals surface area contributed by atoms with Gasteiger partial charge < -0.3 is 9.84 Å². The van der Waals surface area contributed by atoms with E-state index >= 15 is 0 Å². The molecule has 1 N–H and O–H groups in total. The molecule has 0 fully saturated rings. The zero-order valence-corrected chi connectivity index (χ0v) is 12.2. The van der Waals surface area contributed by atoms with Crippen molar-refractivity contribution >= 4 is 17.7 Å². The van der Waals surface area contributed by atoms with Crippen LogP contribution in [0.3, 0.4) is 0 Å². The van der Waals surface area contributed by atoms with Crippen molar-refractivity contribution in [2.75, 3.05) is 12.9 Å². The molecule has 0 heterocycles. The van der Waals surface area contributed by atoms with E-state index in [1.54, 1.807) is 30.0 Å². The highest BCUT2D eigenvalue weighted by molar-refractivity contribution is 7.99. The molecule has 0 atom stereocenters. The fourth-order valence-electron chi connectivity index (χ4n) is 1.98. The smallest absolute Gasteiger partial charge is 0.336 e. The van der Waals surface area contributed by atoms with Gasteiger partial charge >= 0.3 is 5.97 Å². The number of carboxylic acid groups (broad SMARTS) is 1. The lowest BCUT2D eigenvalue weighted by atomic mass is 9.99. The molecule has 0 aromatic heterocycles. The number of aromatic carboxylic acids is 1. The third kappa shape index (κ3) is 3.14. The van der Waals surface area contributed by atoms with Gasteiger partial charge in [0, 0.05) is 4.90 Å². The number of methoxy groups -OCH3 is 1. The van der Waals surface area contributed by atoms with Gasteiger partial charge in [-0.05, 0) is 47.2 Å². The van der Waals surface area contributed by atoms with Crippen molar-refractivity contribution in [2.24, 2.45) is 0 Å². The van der Waals surface area contributed by atoms with Crippen LogP contribution < -0.4 is 4.74 Å². The van der Waals surface area contributed by atoms with Crippen LogP contribution in [-0.4, -0.2) is 23.9 Å². The number of hydrogen-bond donors (Lipinski definition) is 1. The van der Waals surface area contributed by atoms with E-state index in [1.807, 2.05) is 24.3 Å². The van der Waals surface area contributed by atoms with Crippen LogP contribution in [0.4, 0.5) is 0 Å². The maximum atomic E-state index is 11.4. The Morgan fingerprint density at radius 1 is 1.20 bits per heavy atom. The largest absolute Gasteiger partial charge is 0.497 e. The Morgan fingerprint density at radius 3 is 2.45 bits per heavy atom. The summed E-state index contributed by atoms with van der Waals surface area (Å²) in [6, 6.07) is 13.0. The molecule has 0 radical (unpaired) electrons. The van der Waals surface area contributed by atoms with Gasteiger partial charge in [0.25, 0.3) is 0 Å². The fraction of sp³-hybridized carbons (Fsp3) is 0.188. The lowest BCUT2D eigenvalue weighted by molar-refractivity contribution is 0.0697. The molecule has 2 rings (SSSR count). The fourth-order valence-corrected chi connectivity index (χ4v) is 2.64. The molecule has 2 aromatic rings. The summed E-state index contributed by atoms with van der Waals surface area (Å²) in [4.78, 5) is 12.6. The molecule has 0 unspecified atom stereocenters. The first-order valence-corrected chi connectivity index (χ1v) is 7.29. The van der Waals surface area contributed by atoms with E-state index in [9.17, 15) is 9.90 Å². The Kier molecular flexibility index (Phi) is 4.69. The van der Waals surface area contributed by atoms with Crippen molar-refractivity contribution in [2.45, 2.75) is 11.8 Å². The van der Waals surface area contributed by atoms with Crippen molar-refractivity contribution in [3.63, 3.8) is 0 Å². The molecule has 2 aromatic carbocycles. The number of thioether (sulfide) groups is 1. The first-order chi connectivity index (χ1) is 9.65. The van der Waals surface area contributed by atoms with Crippen molar-refractivity contribution in [1.82, 2.24) is 0 Å². The highest BCUT2D eigenvalue weighted by Gasteiger charge is 2.13. The number of hydrogen-bond acceptors (Lipinski definition) is 3. The number of benzene rings is 2. The topological polar surface area (TPSA) is 46.5 Å². The van der Waals surface area contributed by atoms with Gasteiger partial charge in [0.05, 0.1) is 12.7 Å². The number of ether oxygens (including phenoxy) is 1. The van der Waals surface area contributed by atoms with E-state index < -0.39 is 5.97 Å². The highest BCUT2D eigenvalue weighted by Crippen LogP contribution is 2.29. The van der Waals surface area contributed by atoms with E-state index in [0.717, 1.165) is 11.3 Å². The Balaban J connectivity index is 2.43. The molecule has 0 saturated carbocycles. The summed E-state index contributed by atoms with van der Waals surface area (Å²) in [5, 5.41) is 9.33.